The molecule has 0 aliphatic carbocycles. The molecule has 0 radical (unpaired) electrons. The summed E-state index contributed by atoms with van der Waals surface area (Å²) < 4.78 is 19.6. The summed E-state index contributed by atoms with van der Waals surface area (Å²) in [4.78, 5) is 31.3. The Hall–Kier alpha value is -2.80. The molecule has 0 saturated heterocycles. The summed E-state index contributed by atoms with van der Waals surface area (Å²) in [5.74, 6) is -0.737. The van der Waals surface area contributed by atoms with Crippen LogP contribution in [-0.4, -0.2) is 28.8 Å². The van der Waals surface area contributed by atoms with Crippen molar-refractivity contribution in [2.24, 2.45) is 0 Å². The summed E-state index contributed by atoms with van der Waals surface area (Å²) >= 11 is 3.45. The number of pyridine rings is 1. The lowest BCUT2D eigenvalue weighted by Gasteiger charge is -2.24. The first-order chi connectivity index (χ1) is 12.9. The monoisotopic (exact) mass is 428 g/mol. The van der Waals surface area contributed by atoms with Gasteiger partial charge in [-0.25, -0.2) is 9.37 Å². The van der Waals surface area contributed by atoms with E-state index in [0.717, 1.165) is 0 Å². The highest BCUT2D eigenvalue weighted by Crippen LogP contribution is 2.40. The van der Waals surface area contributed by atoms with Crippen LogP contribution in [0.25, 0.3) is 10.9 Å². The van der Waals surface area contributed by atoms with E-state index in [1.807, 2.05) is 0 Å². The number of fused-ring (bicyclic) bond motifs is 2. The van der Waals surface area contributed by atoms with Crippen molar-refractivity contribution < 1.29 is 18.7 Å². The van der Waals surface area contributed by atoms with Crippen LogP contribution < -0.4 is 4.74 Å². The fraction of sp³-hybridized carbons (Fsp3) is 0.150. The summed E-state index contributed by atoms with van der Waals surface area (Å²) in [5.41, 5.74) is 1.72. The number of hydrogen-bond acceptors (Lipinski definition) is 4. The number of methoxy groups -OCH3 is 1. The van der Waals surface area contributed by atoms with Crippen molar-refractivity contribution in [1.82, 2.24) is 9.88 Å². The number of imide groups is 1. The molecule has 1 atom stereocenters. The van der Waals surface area contributed by atoms with E-state index in [4.69, 9.17) is 4.74 Å². The van der Waals surface area contributed by atoms with Crippen LogP contribution in [0.4, 0.5) is 4.39 Å². The minimum atomic E-state index is -0.643. The van der Waals surface area contributed by atoms with Crippen molar-refractivity contribution in [2.45, 2.75) is 13.0 Å². The van der Waals surface area contributed by atoms with E-state index in [-0.39, 0.29) is 11.8 Å². The van der Waals surface area contributed by atoms with Crippen LogP contribution in [0.5, 0.6) is 5.75 Å². The van der Waals surface area contributed by atoms with Crippen LogP contribution in [-0.2, 0) is 0 Å². The maximum Gasteiger partial charge on any atom is 0.262 e. The number of carbonyl (C=O) groups is 2. The number of nitrogens with zero attached hydrogens (tertiary/aromatic N) is 2. The predicted octanol–water partition coefficient (Wildman–Crippen LogP) is 4.50. The minimum absolute atomic E-state index is 0.366. The number of hydrogen-bond donors (Lipinski definition) is 0. The fourth-order valence-corrected chi connectivity index (χ4v) is 4.15. The van der Waals surface area contributed by atoms with E-state index in [9.17, 15) is 14.0 Å². The van der Waals surface area contributed by atoms with Gasteiger partial charge in [-0.05, 0) is 53.2 Å². The average Bonchev–Trinajstić information content (AvgIpc) is 2.92. The number of benzene rings is 2. The van der Waals surface area contributed by atoms with Gasteiger partial charge in [-0.15, -0.1) is 0 Å². The summed E-state index contributed by atoms with van der Waals surface area (Å²) in [7, 11) is 1.47. The zero-order chi connectivity index (χ0) is 19.3. The van der Waals surface area contributed by atoms with Gasteiger partial charge in [-0.3, -0.25) is 14.5 Å². The molecule has 1 aliphatic heterocycles. The summed E-state index contributed by atoms with van der Waals surface area (Å²) in [6, 6.07) is 10.2. The Bertz CT molecular complexity index is 1080. The Labute approximate surface area is 162 Å². The number of rotatable bonds is 3. The summed E-state index contributed by atoms with van der Waals surface area (Å²) in [6.07, 6.45) is 0. The SMILES string of the molecule is COc1c(Br)c([C@H](C)N2C(=O)c3ccccc3C2=O)nc2ccc(F)cc12. The minimum Gasteiger partial charge on any atom is -0.495 e. The van der Waals surface area contributed by atoms with Crippen molar-refractivity contribution in [3.8, 4) is 5.75 Å². The Morgan fingerprint density at radius 3 is 2.33 bits per heavy atom. The van der Waals surface area contributed by atoms with Gasteiger partial charge >= 0.3 is 0 Å². The second-order valence-electron chi connectivity index (χ2n) is 6.21. The van der Waals surface area contributed by atoms with Crippen molar-refractivity contribution in [3.63, 3.8) is 0 Å². The van der Waals surface area contributed by atoms with Gasteiger partial charge in [0.05, 0.1) is 40.0 Å². The molecule has 4 rings (SSSR count). The van der Waals surface area contributed by atoms with Crippen molar-refractivity contribution in [2.75, 3.05) is 7.11 Å². The largest absolute Gasteiger partial charge is 0.495 e. The molecule has 7 heteroatoms. The smallest absolute Gasteiger partial charge is 0.262 e. The lowest BCUT2D eigenvalue weighted by atomic mass is 10.1. The molecule has 5 nitrogen and oxygen atoms in total. The number of ether oxygens (including phenoxy) is 1. The van der Waals surface area contributed by atoms with Crippen LogP contribution in [0.15, 0.2) is 46.9 Å². The highest BCUT2D eigenvalue weighted by atomic mass is 79.9. The zero-order valence-corrected chi connectivity index (χ0v) is 16.1. The fourth-order valence-electron chi connectivity index (χ4n) is 3.36. The Morgan fingerprint density at radius 1 is 1.11 bits per heavy atom. The van der Waals surface area contributed by atoms with Crippen molar-refractivity contribution in [3.05, 3.63) is 69.6 Å². The molecule has 2 aromatic carbocycles. The lowest BCUT2D eigenvalue weighted by Crippen LogP contribution is -2.33. The molecule has 2 heterocycles. The highest BCUT2D eigenvalue weighted by molar-refractivity contribution is 9.10. The van der Waals surface area contributed by atoms with Gasteiger partial charge in [0.2, 0.25) is 0 Å². The Balaban J connectivity index is 1.86. The molecular formula is C20H14BrFN2O3. The van der Waals surface area contributed by atoms with Crippen LogP contribution in [0.1, 0.15) is 39.4 Å². The maximum absolute atomic E-state index is 13.6. The normalized spacial score (nSPS) is 14.6. The van der Waals surface area contributed by atoms with Gasteiger partial charge < -0.3 is 4.74 Å². The average molecular weight is 429 g/mol. The van der Waals surface area contributed by atoms with E-state index in [0.29, 0.717) is 37.9 Å². The Kier molecular flexibility index (Phi) is 4.19. The quantitative estimate of drug-likeness (QED) is 0.576. The highest BCUT2D eigenvalue weighted by Gasteiger charge is 2.40. The van der Waals surface area contributed by atoms with Gasteiger partial charge in [0, 0.05) is 5.39 Å². The number of aromatic nitrogens is 1. The third kappa shape index (κ3) is 2.61. The van der Waals surface area contributed by atoms with E-state index < -0.39 is 11.9 Å². The van der Waals surface area contributed by atoms with Gasteiger partial charge in [0.25, 0.3) is 11.8 Å². The van der Waals surface area contributed by atoms with Crippen LogP contribution >= 0.6 is 15.9 Å². The summed E-state index contributed by atoms with van der Waals surface area (Å²) in [6.45, 7) is 1.73. The predicted molar refractivity (Wildman–Crippen MR) is 101 cm³/mol. The van der Waals surface area contributed by atoms with Gasteiger partial charge in [0.15, 0.2) is 0 Å². The molecule has 27 heavy (non-hydrogen) atoms. The van der Waals surface area contributed by atoms with Crippen LogP contribution in [0.2, 0.25) is 0 Å². The topological polar surface area (TPSA) is 59.5 Å². The molecule has 2 amide bonds. The molecule has 0 spiro atoms. The van der Waals surface area contributed by atoms with E-state index >= 15 is 0 Å². The van der Waals surface area contributed by atoms with E-state index in [1.54, 1.807) is 31.2 Å². The molecule has 1 aromatic heterocycles. The van der Waals surface area contributed by atoms with Crippen molar-refractivity contribution >= 4 is 38.6 Å². The second kappa shape index (κ2) is 6.42. The van der Waals surface area contributed by atoms with Crippen molar-refractivity contribution in [1.29, 1.82) is 0 Å². The number of amides is 2. The molecule has 0 saturated carbocycles. The molecular weight excluding hydrogens is 415 g/mol. The summed E-state index contributed by atoms with van der Waals surface area (Å²) in [5, 5.41) is 0.502. The molecule has 0 bridgehead atoms. The van der Waals surface area contributed by atoms with Gasteiger partial charge in [-0.1, -0.05) is 12.1 Å². The van der Waals surface area contributed by atoms with Gasteiger partial charge in [-0.2, -0.15) is 0 Å². The molecule has 1 aliphatic rings. The maximum atomic E-state index is 13.6. The standard InChI is InChI=1S/C20H14BrFN2O3/c1-10(24-19(25)12-5-3-4-6-13(12)20(24)26)17-16(21)18(27-2)14-9-11(22)7-8-15(14)23-17/h3-10H,1-2H3/t10-/m0/s1. The van der Waals surface area contributed by atoms with Crippen LogP contribution in [0, 0.1) is 5.82 Å². The van der Waals surface area contributed by atoms with E-state index in [1.165, 1.54) is 30.2 Å². The molecule has 3 aromatic rings. The third-order valence-corrected chi connectivity index (χ3v) is 5.45. The van der Waals surface area contributed by atoms with Gasteiger partial charge in [0.1, 0.15) is 11.6 Å². The zero-order valence-electron chi connectivity index (χ0n) is 14.5. The Morgan fingerprint density at radius 2 is 1.74 bits per heavy atom. The molecule has 0 fully saturated rings. The van der Waals surface area contributed by atoms with E-state index in [2.05, 4.69) is 20.9 Å². The first-order valence-electron chi connectivity index (χ1n) is 8.23. The first kappa shape index (κ1) is 17.6. The molecule has 0 unspecified atom stereocenters. The third-order valence-electron chi connectivity index (χ3n) is 4.68. The van der Waals surface area contributed by atoms with Crippen LogP contribution in [0.3, 0.4) is 0 Å². The number of carbonyl (C=O) groups excluding carboxylic acids is 2. The second-order valence-corrected chi connectivity index (χ2v) is 7.00. The lowest BCUT2D eigenvalue weighted by molar-refractivity contribution is 0.0591. The first-order valence-corrected chi connectivity index (χ1v) is 9.03. The molecule has 0 N–H and O–H groups in total. The molecule has 136 valence electrons. The number of halogens is 2.